The molecule has 1 aromatic heterocycles. The summed E-state index contributed by atoms with van der Waals surface area (Å²) in [5, 5.41) is 0. The Bertz CT molecular complexity index is 696. The van der Waals surface area contributed by atoms with E-state index in [1.165, 1.54) is 17.4 Å². The van der Waals surface area contributed by atoms with Crippen LogP contribution in [0, 0.1) is 12.8 Å². The molecule has 0 amide bonds. The Hall–Kier alpha value is -1.62. The Morgan fingerprint density at radius 1 is 1.19 bits per heavy atom. The van der Waals surface area contributed by atoms with Crippen molar-refractivity contribution in [2.45, 2.75) is 25.9 Å². The first kappa shape index (κ1) is 14.3. The van der Waals surface area contributed by atoms with Crippen LogP contribution >= 0.6 is 11.3 Å². The molecule has 0 radical (unpaired) electrons. The maximum atomic E-state index is 12.8. The van der Waals surface area contributed by atoms with Crippen LogP contribution in [0.4, 0.5) is 13.2 Å². The molecule has 1 saturated carbocycles. The molecule has 3 rings (SSSR count). The van der Waals surface area contributed by atoms with Gasteiger partial charge in [0.2, 0.25) is 0 Å². The molecule has 1 fully saturated rings. The number of Topliss-reactive ketones (excluding diaryl/α,β-unsaturated/α-hetero) is 1. The normalized spacial score (nSPS) is 15.2. The highest BCUT2D eigenvalue weighted by Gasteiger charge is 2.32. The average molecular weight is 310 g/mol. The number of halogens is 3. The van der Waals surface area contributed by atoms with Crippen molar-refractivity contribution in [2.75, 3.05) is 0 Å². The van der Waals surface area contributed by atoms with Crippen molar-refractivity contribution in [3.8, 4) is 10.4 Å². The molecular weight excluding hydrogens is 297 g/mol. The maximum absolute atomic E-state index is 12.8. The van der Waals surface area contributed by atoms with Gasteiger partial charge in [0.15, 0.2) is 5.78 Å². The highest BCUT2D eigenvalue weighted by molar-refractivity contribution is 7.17. The molecule has 1 aliphatic rings. The maximum Gasteiger partial charge on any atom is 0.416 e. The van der Waals surface area contributed by atoms with Crippen LogP contribution in [-0.2, 0) is 6.18 Å². The smallest absolute Gasteiger partial charge is 0.293 e. The Kier molecular flexibility index (Phi) is 3.40. The molecule has 21 heavy (non-hydrogen) atoms. The molecule has 0 unspecified atom stereocenters. The number of carbonyl (C=O) groups excluding carboxylic acids is 1. The first-order valence-corrected chi connectivity index (χ1v) is 7.50. The van der Waals surface area contributed by atoms with Crippen LogP contribution in [0.25, 0.3) is 10.4 Å². The van der Waals surface area contributed by atoms with E-state index in [-0.39, 0.29) is 11.7 Å². The van der Waals surface area contributed by atoms with Gasteiger partial charge in [0.05, 0.1) is 10.4 Å². The monoisotopic (exact) mass is 310 g/mol. The van der Waals surface area contributed by atoms with E-state index in [1.807, 2.05) is 0 Å². The number of aryl methyl sites for hydroxylation is 1. The third kappa shape index (κ3) is 2.88. The van der Waals surface area contributed by atoms with Crippen molar-refractivity contribution in [3.63, 3.8) is 0 Å². The predicted molar refractivity (Wildman–Crippen MR) is 76.5 cm³/mol. The second-order valence-corrected chi connectivity index (χ2v) is 6.41. The number of alkyl halides is 3. The van der Waals surface area contributed by atoms with Crippen LogP contribution < -0.4 is 0 Å². The minimum atomic E-state index is -4.35. The molecule has 1 aromatic carbocycles. The van der Waals surface area contributed by atoms with Gasteiger partial charge >= 0.3 is 6.18 Å². The van der Waals surface area contributed by atoms with Crippen LogP contribution in [0.15, 0.2) is 30.3 Å². The number of benzene rings is 1. The average Bonchev–Trinajstić information content (AvgIpc) is 3.15. The molecule has 0 saturated heterocycles. The van der Waals surface area contributed by atoms with Gasteiger partial charge in [0, 0.05) is 10.8 Å². The van der Waals surface area contributed by atoms with E-state index < -0.39 is 11.7 Å². The molecule has 110 valence electrons. The zero-order valence-electron chi connectivity index (χ0n) is 11.3. The SMILES string of the molecule is Cc1ccc(C(F)(F)F)cc1-c1ccc(C(=O)C2CC2)s1. The number of ketones is 1. The van der Waals surface area contributed by atoms with Crippen molar-refractivity contribution in [1.82, 2.24) is 0 Å². The van der Waals surface area contributed by atoms with Gasteiger partial charge in [0.1, 0.15) is 0 Å². The van der Waals surface area contributed by atoms with Crippen LogP contribution in [0.3, 0.4) is 0 Å². The van der Waals surface area contributed by atoms with E-state index in [1.54, 1.807) is 19.1 Å². The van der Waals surface area contributed by atoms with E-state index in [0.29, 0.717) is 15.3 Å². The van der Waals surface area contributed by atoms with Gasteiger partial charge in [-0.25, -0.2) is 0 Å². The quantitative estimate of drug-likeness (QED) is 0.700. The van der Waals surface area contributed by atoms with Gasteiger partial charge < -0.3 is 0 Å². The topological polar surface area (TPSA) is 17.1 Å². The lowest BCUT2D eigenvalue weighted by Gasteiger charge is -2.10. The predicted octanol–water partition coefficient (Wildman–Crippen LogP) is 5.34. The fourth-order valence-electron chi connectivity index (χ4n) is 2.23. The number of hydrogen-bond donors (Lipinski definition) is 0. The fraction of sp³-hybridized carbons (Fsp3) is 0.312. The number of thiophene rings is 1. The molecular formula is C16H13F3OS. The number of rotatable bonds is 3. The molecule has 1 heterocycles. The first-order valence-electron chi connectivity index (χ1n) is 6.68. The summed E-state index contributed by atoms with van der Waals surface area (Å²) >= 11 is 1.28. The summed E-state index contributed by atoms with van der Waals surface area (Å²) in [4.78, 5) is 13.3. The number of carbonyl (C=O) groups is 1. The summed E-state index contributed by atoms with van der Waals surface area (Å²) in [7, 11) is 0. The molecule has 0 bridgehead atoms. The Labute approximate surface area is 124 Å². The summed E-state index contributed by atoms with van der Waals surface area (Å²) < 4.78 is 38.4. The van der Waals surface area contributed by atoms with Crippen LogP contribution in [-0.4, -0.2) is 5.78 Å². The van der Waals surface area contributed by atoms with Crippen molar-refractivity contribution >= 4 is 17.1 Å². The van der Waals surface area contributed by atoms with Gasteiger partial charge in [-0.2, -0.15) is 13.2 Å². The second kappa shape index (κ2) is 4.98. The third-order valence-corrected chi connectivity index (χ3v) is 4.76. The lowest BCUT2D eigenvalue weighted by atomic mass is 10.0. The fourth-order valence-corrected chi connectivity index (χ4v) is 3.33. The Morgan fingerprint density at radius 2 is 1.90 bits per heavy atom. The largest absolute Gasteiger partial charge is 0.416 e. The van der Waals surface area contributed by atoms with E-state index in [4.69, 9.17) is 0 Å². The third-order valence-electron chi connectivity index (χ3n) is 3.63. The highest BCUT2D eigenvalue weighted by Crippen LogP contribution is 2.39. The molecule has 0 spiro atoms. The minimum Gasteiger partial charge on any atom is -0.293 e. The van der Waals surface area contributed by atoms with E-state index in [2.05, 4.69) is 0 Å². The first-order chi connectivity index (χ1) is 9.86. The lowest BCUT2D eigenvalue weighted by Crippen LogP contribution is -2.05. The Balaban J connectivity index is 1.98. The van der Waals surface area contributed by atoms with Gasteiger partial charge in [-0.05, 0) is 55.2 Å². The van der Waals surface area contributed by atoms with Gasteiger partial charge in [-0.1, -0.05) is 6.07 Å². The zero-order valence-corrected chi connectivity index (χ0v) is 12.1. The van der Waals surface area contributed by atoms with Crippen molar-refractivity contribution in [1.29, 1.82) is 0 Å². The standard InChI is InChI=1S/C16H13F3OS/c1-9-2-5-11(16(17,18)19)8-12(9)13-6-7-14(21-13)15(20)10-3-4-10/h2,5-8,10H,3-4H2,1H3. The lowest BCUT2D eigenvalue weighted by molar-refractivity contribution is -0.137. The molecule has 1 aliphatic carbocycles. The van der Waals surface area contributed by atoms with Crippen LogP contribution in [0.1, 0.15) is 33.6 Å². The molecule has 5 heteroatoms. The van der Waals surface area contributed by atoms with E-state index >= 15 is 0 Å². The van der Waals surface area contributed by atoms with Crippen molar-refractivity contribution in [2.24, 2.45) is 5.92 Å². The van der Waals surface area contributed by atoms with E-state index in [0.717, 1.165) is 30.5 Å². The van der Waals surface area contributed by atoms with Crippen molar-refractivity contribution < 1.29 is 18.0 Å². The van der Waals surface area contributed by atoms with Crippen molar-refractivity contribution in [3.05, 3.63) is 46.3 Å². The second-order valence-electron chi connectivity index (χ2n) is 5.33. The van der Waals surface area contributed by atoms with Gasteiger partial charge in [-0.15, -0.1) is 11.3 Å². The molecule has 1 nitrogen and oxygen atoms in total. The minimum absolute atomic E-state index is 0.121. The zero-order chi connectivity index (χ0) is 15.2. The van der Waals surface area contributed by atoms with Gasteiger partial charge in [0.25, 0.3) is 0 Å². The summed E-state index contributed by atoms with van der Waals surface area (Å²) in [5.41, 5.74) is 0.659. The Morgan fingerprint density at radius 3 is 2.52 bits per heavy atom. The summed E-state index contributed by atoms with van der Waals surface area (Å²) in [6.07, 6.45) is -2.50. The van der Waals surface area contributed by atoms with Gasteiger partial charge in [-0.3, -0.25) is 4.79 Å². The van der Waals surface area contributed by atoms with Crippen LogP contribution in [0.2, 0.25) is 0 Å². The highest BCUT2D eigenvalue weighted by atomic mass is 32.1. The van der Waals surface area contributed by atoms with Crippen LogP contribution in [0.5, 0.6) is 0 Å². The summed E-state index contributed by atoms with van der Waals surface area (Å²) in [5.74, 6) is 0.245. The number of hydrogen-bond acceptors (Lipinski definition) is 2. The molecule has 0 atom stereocenters. The molecule has 2 aromatic rings. The summed E-state index contributed by atoms with van der Waals surface area (Å²) in [6, 6.07) is 7.18. The summed E-state index contributed by atoms with van der Waals surface area (Å²) in [6.45, 7) is 1.78. The molecule has 0 aliphatic heterocycles. The molecule has 0 N–H and O–H groups in total. The van der Waals surface area contributed by atoms with E-state index in [9.17, 15) is 18.0 Å².